The predicted octanol–water partition coefficient (Wildman–Crippen LogP) is 6.66. The predicted molar refractivity (Wildman–Crippen MR) is 165 cm³/mol. The molecule has 0 bridgehead atoms. The highest BCUT2D eigenvalue weighted by atomic mass is 32.2. The van der Waals surface area contributed by atoms with Gasteiger partial charge in [-0.2, -0.15) is 0 Å². The van der Waals surface area contributed by atoms with Gasteiger partial charge in [0.05, 0.1) is 31.4 Å². The minimum Gasteiger partial charge on any atom is -0.497 e. The number of benzene rings is 4. The summed E-state index contributed by atoms with van der Waals surface area (Å²) in [5, 5.41) is 3.01. The van der Waals surface area contributed by atoms with Crippen LogP contribution in [-0.4, -0.2) is 32.6 Å². The molecule has 7 heteroatoms. The Bertz CT molecular complexity index is 1600. The van der Waals surface area contributed by atoms with Gasteiger partial charge in [0.2, 0.25) is 0 Å². The summed E-state index contributed by atoms with van der Waals surface area (Å²) in [5.74, 6) is 1.19. The number of hydrogen-bond donors (Lipinski definition) is 1. The first-order chi connectivity index (χ1) is 19.9. The largest absolute Gasteiger partial charge is 0.497 e. The molecule has 1 aliphatic heterocycles. The molecule has 1 heterocycles. The van der Waals surface area contributed by atoms with Gasteiger partial charge in [-0.15, -0.1) is 0 Å². The highest BCUT2D eigenvalue weighted by molar-refractivity contribution is 8.04. The quantitative estimate of drug-likeness (QED) is 0.230. The zero-order valence-electron chi connectivity index (χ0n) is 23.3. The molecule has 1 aliphatic rings. The van der Waals surface area contributed by atoms with Crippen molar-refractivity contribution in [1.29, 1.82) is 0 Å². The number of ether oxygens (including phenoxy) is 2. The number of nitrogens with one attached hydrogen (secondary N) is 1. The van der Waals surface area contributed by atoms with Crippen molar-refractivity contribution >= 4 is 35.3 Å². The monoisotopic (exact) mass is 564 g/mol. The van der Waals surface area contributed by atoms with Gasteiger partial charge in [-0.1, -0.05) is 71.9 Å². The van der Waals surface area contributed by atoms with Gasteiger partial charge in [0.1, 0.15) is 11.5 Å². The SMILES string of the molecule is COc1ccc(OC)c(CCNC(=O)c2ccc3c(c2)N(Cc2cccc(C)c2)C(=O)C(=Cc2ccccc2)S3)c1. The number of carbonyl (C=O) groups is 2. The van der Waals surface area contributed by atoms with Crippen LogP contribution in [-0.2, 0) is 17.8 Å². The summed E-state index contributed by atoms with van der Waals surface area (Å²) < 4.78 is 10.8. The first-order valence-electron chi connectivity index (χ1n) is 13.4. The molecule has 0 saturated heterocycles. The Kier molecular flexibility index (Phi) is 8.75. The molecule has 0 radical (unpaired) electrons. The smallest absolute Gasteiger partial charge is 0.265 e. The molecule has 0 atom stereocenters. The van der Waals surface area contributed by atoms with Gasteiger partial charge in [0.15, 0.2) is 0 Å². The van der Waals surface area contributed by atoms with Crippen LogP contribution in [0.25, 0.3) is 6.08 Å². The lowest BCUT2D eigenvalue weighted by atomic mass is 10.1. The fraction of sp³-hybridized carbons (Fsp3) is 0.176. The molecule has 208 valence electrons. The Balaban J connectivity index is 1.39. The number of carbonyl (C=O) groups excluding carboxylic acids is 2. The molecule has 0 aliphatic carbocycles. The molecule has 0 saturated carbocycles. The molecule has 4 aromatic rings. The lowest BCUT2D eigenvalue weighted by Crippen LogP contribution is -2.34. The molecule has 6 nitrogen and oxygen atoms in total. The van der Waals surface area contributed by atoms with E-state index in [0.29, 0.717) is 30.0 Å². The number of fused-ring (bicyclic) bond motifs is 1. The van der Waals surface area contributed by atoms with Gasteiger partial charge in [0, 0.05) is 17.0 Å². The van der Waals surface area contributed by atoms with E-state index in [1.807, 2.05) is 97.9 Å². The molecular weight excluding hydrogens is 532 g/mol. The highest BCUT2D eigenvalue weighted by Crippen LogP contribution is 2.43. The molecule has 2 amide bonds. The zero-order chi connectivity index (χ0) is 28.8. The highest BCUT2D eigenvalue weighted by Gasteiger charge is 2.30. The van der Waals surface area contributed by atoms with Crippen LogP contribution < -0.4 is 19.7 Å². The Morgan fingerprint density at radius 3 is 2.51 bits per heavy atom. The summed E-state index contributed by atoms with van der Waals surface area (Å²) in [7, 11) is 3.24. The molecule has 1 N–H and O–H groups in total. The van der Waals surface area contributed by atoms with Gasteiger partial charge in [-0.3, -0.25) is 9.59 Å². The minimum absolute atomic E-state index is 0.0875. The summed E-state index contributed by atoms with van der Waals surface area (Å²) in [4.78, 5) is 30.4. The van der Waals surface area contributed by atoms with E-state index in [9.17, 15) is 9.59 Å². The third-order valence-electron chi connectivity index (χ3n) is 6.88. The van der Waals surface area contributed by atoms with Crippen molar-refractivity contribution in [3.8, 4) is 11.5 Å². The van der Waals surface area contributed by atoms with Gasteiger partial charge < -0.3 is 19.7 Å². The summed E-state index contributed by atoms with van der Waals surface area (Å²) in [5.41, 5.74) is 5.29. The van der Waals surface area contributed by atoms with Gasteiger partial charge >= 0.3 is 0 Å². The van der Waals surface area contributed by atoms with Crippen LogP contribution >= 0.6 is 11.8 Å². The summed E-state index contributed by atoms with van der Waals surface area (Å²) in [6.07, 6.45) is 2.51. The third-order valence-corrected chi connectivity index (χ3v) is 7.95. The van der Waals surface area contributed by atoms with E-state index in [0.717, 1.165) is 44.3 Å². The average molecular weight is 565 g/mol. The summed E-state index contributed by atoms with van der Waals surface area (Å²) >= 11 is 1.43. The maximum absolute atomic E-state index is 13.8. The van der Waals surface area contributed by atoms with E-state index in [4.69, 9.17) is 9.47 Å². The van der Waals surface area contributed by atoms with Gasteiger partial charge in [-0.05, 0) is 72.5 Å². The lowest BCUT2D eigenvalue weighted by Gasteiger charge is -2.31. The van der Waals surface area contributed by atoms with Gasteiger partial charge in [0.25, 0.3) is 11.8 Å². The van der Waals surface area contributed by atoms with Crippen LogP contribution in [0, 0.1) is 6.92 Å². The second-order valence-electron chi connectivity index (χ2n) is 9.77. The summed E-state index contributed by atoms with van der Waals surface area (Å²) in [6.45, 7) is 2.86. The van der Waals surface area contributed by atoms with E-state index in [2.05, 4.69) is 11.4 Å². The van der Waals surface area contributed by atoms with Crippen molar-refractivity contribution in [1.82, 2.24) is 5.32 Å². The minimum atomic E-state index is -0.201. The van der Waals surface area contributed by atoms with Crippen LogP contribution in [0.15, 0.2) is 101 Å². The maximum atomic E-state index is 13.8. The first kappa shape index (κ1) is 28.1. The van der Waals surface area contributed by atoms with E-state index < -0.39 is 0 Å². The molecule has 0 aromatic heterocycles. The van der Waals surface area contributed by atoms with Crippen molar-refractivity contribution in [3.63, 3.8) is 0 Å². The molecule has 41 heavy (non-hydrogen) atoms. The van der Waals surface area contributed by atoms with Crippen molar-refractivity contribution in [2.45, 2.75) is 24.8 Å². The Morgan fingerprint density at radius 1 is 0.927 bits per heavy atom. The number of anilines is 1. The molecule has 5 rings (SSSR count). The molecule has 0 spiro atoms. The fourth-order valence-corrected chi connectivity index (χ4v) is 5.83. The Morgan fingerprint density at radius 2 is 1.76 bits per heavy atom. The van der Waals surface area contributed by atoms with Crippen molar-refractivity contribution < 1.29 is 19.1 Å². The third kappa shape index (κ3) is 6.64. The topological polar surface area (TPSA) is 67.9 Å². The second kappa shape index (κ2) is 12.8. The Labute approximate surface area is 245 Å². The van der Waals surface area contributed by atoms with Crippen LogP contribution in [0.4, 0.5) is 5.69 Å². The Hall–Kier alpha value is -4.49. The maximum Gasteiger partial charge on any atom is 0.265 e. The normalized spacial score (nSPS) is 13.6. The number of hydrogen-bond acceptors (Lipinski definition) is 5. The van der Waals surface area contributed by atoms with Gasteiger partial charge in [-0.25, -0.2) is 0 Å². The fourth-order valence-electron chi connectivity index (χ4n) is 4.79. The summed E-state index contributed by atoms with van der Waals surface area (Å²) in [6, 6.07) is 29.1. The zero-order valence-corrected chi connectivity index (χ0v) is 24.2. The second-order valence-corrected chi connectivity index (χ2v) is 10.9. The van der Waals surface area contributed by atoms with Crippen LogP contribution in [0.5, 0.6) is 11.5 Å². The number of methoxy groups -OCH3 is 2. The van der Waals surface area contributed by atoms with Crippen LogP contribution in [0.1, 0.15) is 32.6 Å². The van der Waals surface area contributed by atoms with Crippen LogP contribution in [0.3, 0.4) is 0 Å². The van der Waals surface area contributed by atoms with E-state index in [1.165, 1.54) is 11.8 Å². The van der Waals surface area contributed by atoms with E-state index in [-0.39, 0.29) is 11.8 Å². The molecule has 4 aromatic carbocycles. The molecular formula is C34H32N2O4S. The van der Waals surface area contributed by atoms with E-state index in [1.54, 1.807) is 19.1 Å². The number of aryl methyl sites for hydroxylation is 1. The van der Waals surface area contributed by atoms with Crippen molar-refractivity contribution in [2.24, 2.45) is 0 Å². The number of thioether (sulfide) groups is 1. The molecule has 0 fully saturated rings. The first-order valence-corrected chi connectivity index (χ1v) is 14.2. The van der Waals surface area contributed by atoms with Crippen molar-refractivity contribution in [2.75, 3.05) is 25.7 Å². The number of rotatable bonds is 9. The lowest BCUT2D eigenvalue weighted by molar-refractivity contribution is -0.114. The average Bonchev–Trinajstić information content (AvgIpc) is 2.99. The van der Waals surface area contributed by atoms with Crippen molar-refractivity contribution in [3.05, 3.63) is 124 Å². The van der Waals surface area contributed by atoms with E-state index >= 15 is 0 Å². The molecule has 0 unspecified atom stereocenters. The van der Waals surface area contributed by atoms with Crippen LogP contribution in [0.2, 0.25) is 0 Å². The standard InChI is InChI=1S/C34H32N2O4S/c1-23-8-7-11-25(18-23)22-36-29-21-27(33(37)35-17-16-26-20-28(39-2)13-14-30(26)40-3)12-15-31(29)41-32(34(36)38)19-24-9-5-4-6-10-24/h4-15,18-21H,16-17,22H2,1-3H3,(H,35,37). The number of amides is 2. The number of nitrogens with zero attached hydrogens (tertiary/aromatic N) is 1.